The van der Waals surface area contributed by atoms with Gasteiger partial charge in [-0.15, -0.1) is 11.3 Å². The number of benzene rings is 10. The lowest BCUT2D eigenvalue weighted by Gasteiger charge is -2.33. The highest BCUT2D eigenvalue weighted by Crippen LogP contribution is 2.58. The molecule has 288 valence electrons. The van der Waals surface area contributed by atoms with Gasteiger partial charge in [-0.1, -0.05) is 200 Å². The van der Waals surface area contributed by atoms with Crippen molar-refractivity contribution in [1.29, 1.82) is 0 Å². The lowest BCUT2D eigenvalue weighted by Crippen LogP contribution is -2.28. The van der Waals surface area contributed by atoms with Gasteiger partial charge in [0.1, 0.15) is 0 Å². The number of nitrogens with zero attached hydrogens (tertiary/aromatic N) is 2. The number of aromatic nitrogens is 2. The van der Waals surface area contributed by atoms with Crippen LogP contribution >= 0.6 is 11.3 Å². The zero-order valence-electron chi connectivity index (χ0n) is 33.6. The Morgan fingerprint density at radius 2 is 0.839 bits per heavy atom. The van der Waals surface area contributed by atoms with Crippen LogP contribution in [-0.4, -0.2) is 9.97 Å². The zero-order chi connectivity index (χ0) is 40.8. The molecule has 1 aliphatic rings. The predicted octanol–water partition coefficient (Wildman–Crippen LogP) is 15.7. The summed E-state index contributed by atoms with van der Waals surface area (Å²) in [5.74, 6) is 0.705. The normalized spacial score (nSPS) is 13.0. The van der Waals surface area contributed by atoms with Crippen LogP contribution in [0.3, 0.4) is 0 Å². The molecule has 10 aromatic carbocycles. The van der Waals surface area contributed by atoms with Gasteiger partial charge in [-0.2, -0.15) is 0 Å². The van der Waals surface area contributed by atoms with Gasteiger partial charge in [-0.25, -0.2) is 9.97 Å². The first-order valence-electron chi connectivity index (χ1n) is 21.2. The molecule has 0 unspecified atom stereocenters. The Labute approximate surface area is 363 Å². The molecule has 0 fully saturated rings. The van der Waals surface area contributed by atoms with Crippen molar-refractivity contribution in [2.24, 2.45) is 0 Å². The Morgan fingerprint density at radius 1 is 0.339 bits per heavy atom. The van der Waals surface area contributed by atoms with Crippen LogP contribution < -0.4 is 0 Å². The molecule has 3 heteroatoms. The van der Waals surface area contributed by atoms with E-state index in [2.05, 4.69) is 218 Å². The van der Waals surface area contributed by atoms with Crippen LogP contribution in [0.4, 0.5) is 0 Å². The summed E-state index contributed by atoms with van der Waals surface area (Å²) >= 11 is 1.84. The molecule has 0 amide bonds. The van der Waals surface area contributed by atoms with E-state index in [4.69, 9.17) is 9.97 Å². The maximum absolute atomic E-state index is 5.61. The van der Waals surface area contributed by atoms with Crippen LogP contribution in [0.1, 0.15) is 22.3 Å². The summed E-state index contributed by atoms with van der Waals surface area (Å²) in [5, 5.41) is 9.93. The monoisotopic (exact) mass is 804 g/mol. The van der Waals surface area contributed by atoms with Crippen LogP contribution in [-0.2, 0) is 5.41 Å². The molecule has 13 rings (SSSR count). The van der Waals surface area contributed by atoms with E-state index in [-0.39, 0.29) is 0 Å². The van der Waals surface area contributed by atoms with E-state index < -0.39 is 5.41 Å². The lowest BCUT2D eigenvalue weighted by molar-refractivity contribution is 0.768. The van der Waals surface area contributed by atoms with Crippen molar-refractivity contribution < 1.29 is 0 Å². The van der Waals surface area contributed by atoms with Gasteiger partial charge in [0.2, 0.25) is 0 Å². The molecule has 0 radical (unpaired) electrons. The van der Waals surface area contributed by atoms with Crippen molar-refractivity contribution in [3.05, 3.63) is 241 Å². The number of hydrogen-bond donors (Lipinski definition) is 0. The average molecular weight is 805 g/mol. The maximum atomic E-state index is 5.61. The fourth-order valence-electron chi connectivity index (χ4n) is 10.6. The molecule has 0 spiro atoms. The van der Waals surface area contributed by atoms with E-state index in [0.29, 0.717) is 5.82 Å². The van der Waals surface area contributed by atoms with E-state index >= 15 is 0 Å². The second-order valence-electron chi connectivity index (χ2n) is 16.3. The molecule has 2 aromatic heterocycles. The first kappa shape index (κ1) is 35.1. The van der Waals surface area contributed by atoms with Crippen LogP contribution in [0.15, 0.2) is 218 Å². The Balaban J connectivity index is 1.11. The SMILES string of the molecule is c1ccc(C2(c3ccccc3)c3ccccc3-c3c(-c4cc(-c5cccc6c5sc5ccccc56)nc(-c5ccc6c7ccccc7c7ccccc7c6c5)n4)cccc32)cc1. The van der Waals surface area contributed by atoms with Crippen molar-refractivity contribution in [2.75, 3.05) is 0 Å². The summed E-state index contributed by atoms with van der Waals surface area (Å²) in [4.78, 5) is 11.1. The number of hydrogen-bond acceptors (Lipinski definition) is 3. The minimum atomic E-state index is -0.520. The second kappa shape index (κ2) is 13.7. The Hall–Kier alpha value is -7.72. The average Bonchev–Trinajstić information content (AvgIpc) is 3.89. The molecule has 0 saturated carbocycles. The molecule has 0 saturated heterocycles. The largest absolute Gasteiger partial charge is 0.228 e. The van der Waals surface area contributed by atoms with E-state index in [1.54, 1.807) is 0 Å². The quantitative estimate of drug-likeness (QED) is 0.162. The van der Waals surface area contributed by atoms with Gasteiger partial charge in [0.05, 0.1) is 16.8 Å². The van der Waals surface area contributed by atoms with Crippen LogP contribution in [0.25, 0.3) is 97.5 Å². The fraction of sp³-hybridized carbons (Fsp3) is 0.0169. The minimum absolute atomic E-state index is 0.520. The van der Waals surface area contributed by atoms with Crippen molar-refractivity contribution in [1.82, 2.24) is 9.97 Å². The number of thiophene rings is 1. The van der Waals surface area contributed by atoms with Crippen molar-refractivity contribution in [3.8, 4) is 45.0 Å². The van der Waals surface area contributed by atoms with E-state index in [1.807, 2.05) is 11.3 Å². The third-order valence-corrected chi connectivity index (χ3v) is 14.4. The van der Waals surface area contributed by atoms with E-state index in [1.165, 1.54) is 85.9 Å². The van der Waals surface area contributed by atoms with E-state index in [9.17, 15) is 0 Å². The molecular formula is C59H36N2S. The molecule has 0 atom stereocenters. The summed E-state index contributed by atoms with van der Waals surface area (Å²) in [6.07, 6.45) is 0. The summed E-state index contributed by atoms with van der Waals surface area (Å²) in [5.41, 5.74) is 11.9. The molecule has 0 aliphatic heterocycles. The molecule has 62 heavy (non-hydrogen) atoms. The maximum Gasteiger partial charge on any atom is 0.160 e. The zero-order valence-corrected chi connectivity index (χ0v) is 34.4. The van der Waals surface area contributed by atoms with Gasteiger partial charge >= 0.3 is 0 Å². The summed E-state index contributed by atoms with van der Waals surface area (Å²) in [7, 11) is 0. The van der Waals surface area contributed by atoms with Gasteiger partial charge in [0.15, 0.2) is 5.82 Å². The molecule has 0 bridgehead atoms. The molecule has 0 N–H and O–H groups in total. The van der Waals surface area contributed by atoms with Crippen LogP contribution in [0.2, 0.25) is 0 Å². The lowest BCUT2D eigenvalue weighted by atomic mass is 9.67. The molecule has 2 nitrogen and oxygen atoms in total. The number of rotatable bonds is 5. The van der Waals surface area contributed by atoms with Crippen molar-refractivity contribution in [2.45, 2.75) is 5.41 Å². The van der Waals surface area contributed by atoms with Crippen molar-refractivity contribution >= 4 is 63.8 Å². The smallest absolute Gasteiger partial charge is 0.160 e. The van der Waals surface area contributed by atoms with Crippen LogP contribution in [0, 0.1) is 0 Å². The van der Waals surface area contributed by atoms with Gasteiger partial charge in [0, 0.05) is 36.9 Å². The molecule has 12 aromatic rings. The Bertz CT molecular complexity index is 3680. The fourth-order valence-corrected chi connectivity index (χ4v) is 11.8. The molecule has 2 heterocycles. The standard InChI is InChI=1S/C59H36N2S/c1-3-17-38(18-4-1)59(39-19-5-2-6-20-39)51-30-13-11-26-47(51)56-48(28-16-31-52(56)59)53-36-54(49-29-15-27-46-45-25-12-14-32-55(45)62-57(46)49)61-58(60-53)37-33-34-44-42-23-8-7-21-40(42)41-22-9-10-24-43(41)50(44)35-37/h1-36H. The first-order chi connectivity index (χ1) is 30.8. The van der Waals surface area contributed by atoms with Gasteiger partial charge in [-0.05, 0) is 83.9 Å². The second-order valence-corrected chi connectivity index (χ2v) is 17.4. The molecule has 1 aliphatic carbocycles. The Morgan fingerprint density at radius 3 is 1.55 bits per heavy atom. The first-order valence-corrected chi connectivity index (χ1v) is 22.1. The molecular weight excluding hydrogens is 769 g/mol. The predicted molar refractivity (Wildman–Crippen MR) is 261 cm³/mol. The third-order valence-electron chi connectivity index (χ3n) is 13.2. The van der Waals surface area contributed by atoms with Crippen LogP contribution in [0.5, 0.6) is 0 Å². The minimum Gasteiger partial charge on any atom is -0.228 e. The van der Waals surface area contributed by atoms with Gasteiger partial charge in [-0.3, -0.25) is 0 Å². The number of fused-ring (bicyclic) bond motifs is 12. The topological polar surface area (TPSA) is 25.8 Å². The van der Waals surface area contributed by atoms with E-state index in [0.717, 1.165) is 28.1 Å². The Kier molecular flexibility index (Phi) is 7.72. The highest BCUT2D eigenvalue weighted by molar-refractivity contribution is 7.26. The summed E-state index contributed by atoms with van der Waals surface area (Å²) in [6.45, 7) is 0. The highest BCUT2D eigenvalue weighted by atomic mass is 32.1. The van der Waals surface area contributed by atoms with Gasteiger partial charge in [0.25, 0.3) is 0 Å². The highest BCUT2D eigenvalue weighted by Gasteiger charge is 2.46. The van der Waals surface area contributed by atoms with Crippen molar-refractivity contribution in [3.63, 3.8) is 0 Å². The summed E-state index contributed by atoms with van der Waals surface area (Å²) in [6, 6.07) is 79.7. The third kappa shape index (κ3) is 5.03. The summed E-state index contributed by atoms with van der Waals surface area (Å²) < 4.78 is 2.50. The van der Waals surface area contributed by atoms with Gasteiger partial charge < -0.3 is 0 Å².